The van der Waals surface area contributed by atoms with Crippen LogP contribution >= 0.6 is 0 Å². The second-order valence-corrected chi connectivity index (χ2v) is 13.5. The molecule has 8 aromatic rings. The van der Waals surface area contributed by atoms with Gasteiger partial charge < -0.3 is 20.8 Å². The minimum atomic E-state index is -0.669. The number of rotatable bonds is 10. The van der Waals surface area contributed by atoms with Crippen LogP contribution in [0.4, 0.5) is 40.3 Å². The quantitative estimate of drug-likeness (QED) is 0.103. The van der Waals surface area contributed by atoms with Gasteiger partial charge in [0.25, 0.3) is 0 Å². The first kappa shape index (κ1) is 39.3. The van der Waals surface area contributed by atoms with E-state index in [1.54, 1.807) is 70.3 Å². The Labute approximate surface area is 328 Å². The second-order valence-electron chi connectivity index (χ2n) is 13.5. The number of aromatic nitrogens is 10. The Bertz CT molecular complexity index is 2750. The van der Waals surface area contributed by atoms with Crippen molar-refractivity contribution in [2.75, 3.05) is 10.6 Å². The number of halogens is 4. The molecular weight excluding hydrogens is 757 g/mol. The van der Waals surface area contributed by atoms with Gasteiger partial charge in [0.15, 0.2) is 23.3 Å². The Hall–Kier alpha value is -6.92. The molecule has 0 aromatic carbocycles. The van der Waals surface area contributed by atoms with Gasteiger partial charge in [0, 0.05) is 35.2 Å². The van der Waals surface area contributed by atoms with E-state index in [9.17, 15) is 27.8 Å². The molecule has 0 aliphatic carbocycles. The zero-order valence-corrected chi connectivity index (χ0v) is 31.5. The van der Waals surface area contributed by atoms with Gasteiger partial charge in [-0.05, 0) is 76.2 Å². The van der Waals surface area contributed by atoms with Crippen LogP contribution in [0.2, 0.25) is 0 Å². The Morgan fingerprint density at radius 1 is 0.638 bits per heavy atom. The molecule has 0 radical (unpaired) electrons. The molecule has 0 spiro atoms. The van der Waals surface area contributed by atoms with Crippen molar-refractivity contribution in [3.05, 3.63) is 120 Å². The molecule has 0 fully saturated rings. The number of nitrogens with zero attached hydrogens (tertiary/aromatic N) is 10. The van der Waals surface area contributed by atoms with Crippen LogP contribution in [0, 0.1) is 37.1 Å². The molecule has 8 aromatic heterocycles. The van der Waals surface area contributed by atoms with Crippen LogP contribution < -0.4 is 10.6 Å². The summed E-state index contributed by atoms with van der Waals surface area (Å²) in [4.78, 5) is 24.9. The Morgan fingerprint density at radius 2 is 1.17 bits per heavy atom. The zero-order valence-electron chi connectivity index (χ0n) is 31.5. The van der Waals surface area contributed by atoms with Gasteiger partial charge in [0.1, 0.15) is 44.8 Å². The number of aryl methyl sites for hydroxylation is 2. The number of pyridine rings is 6. The minimum absolute atomic E-state index is 0.119. The molecule has 4 N–H and O–H groups in total. The van der Waals surface area contributed by atoms with Gasteiger partial charge in [-0.1, -0.05) is 0 Å². The molecule has 0 unspecified atom stereocenters. The monoisotopic (exact) mass is 792 g/mol. The number of aliphatic hydroxyl groups is 2. The Morgan fingerprint density at radius 3 is 1.74 bits per heavy atom. The predicted octanol–water partition coefficient (Wildman–Crippen LogP) is 7.20. The Balaban J connectivity index is 0.000000177. The van der Waals surface area contributed by atoms with E-state index in [2.05, 4.69) is 50.7 Å². The maximum absolute atomic E-state index is 14.6. The summed E-state index contributed by atoms with van der Waals surface area (Å²) in [6.45, 7) is 7.22. The molecule has 0 aliphatic rings. The second kappa shape index (κ2) is 16.7. The SMILES string of the molecule is Cc1ccc(F)c(-c2cc(Nc3c(F)cnc4cn(C[C@H](C)O)nc34)ccn2)n1.Cc1ccc(F)c(-c2cc(Nc3c(F)cnc4cnn(C[C@H](C)O)c34)ccn2)n1. The smallest absolute Gasteiger partial charge is 0.167 e. The van der Waals surface area contributed by atoms with Gasteiger partial charge in [-0.2, -0.15) is 10.2 Å². The van der Waals surface area contributed by atoms with Gasteiger partial charge in [-0.25, -0.2) is 37.5 Å². The molecule has 0 aliphatic heterocycles. The van der Waals surface area contributed by atoms with Gasteiger partial charge in [-0.15, -0.1) is 0 Å². The van der Waals surface area contributed by atoms with Crippen LogP contribution in [0.15, 0.2) is 85.7 Å². The predicted molar refractivity (Wildman–Crippen MR) is 209 cm³/mol. The minimum Gasteiger partial charge on any atom is -0.391 e. The highest BCUT2D eigenvalue weighted by Gasteiger charge is 2.18. The molecule has 296 valence electrons. The van der Waals surface area contributed by atoms with Gasteiger partial charge in [-0.3, -0.25) is 19.3 Å². The van der Waals surface area contributed by atoms with E-state index in [4.69, 9.17) is 0 Å². The number of anilines is 4. The first-order chi connectivity index (χ1) is 27.8. The van der Waals surface area contributed by atoms with Crippen LogP contribution in [0.25, 0.3) is 44.8 Å². The molecule has 58 heavy (non-hydrogen) atoms. The normalized spacial score (nSPS) is 12.3. The van der Waals surface area contributed by atoms with Crippen molar-refractivity contribution >= 4 is 44.8 Å². The Kier molecular flexibility index (Phi) is 11.3. The van der Waals surface area contributed by atoms with E-state index in [0.717, 1.165) is 12.4 Å². The molecule has 18 heteroatoms. The van der Waals surface area contributed by atoms with Crippen LogP contribution in [0.1, 0.15) is 25.2 Å². The lowest BCUT2D eigenvalue weighted by Gasteiger charge is -2.13. The molecule has 0 amide bonds. The molecule has 14 nitrogen and oxygen atoms in total. The van der Waals surface area contributed by atoms with Gasteiger partial charge >= 0.3 is 0 Å². The first-order valence-electron chi connectivity index (χ1n) is 17.9. The summed E-state index contributed by atoms with van der Waals surface area (Å²) in [5.41, 5.74) is 5.18. The maximum atomic E-state index is 14.6. The largest absolute Gasteiger partial charge is 0.391 e. The van der Waals surface area contributed by atoms with E-state index < -0.39 is 35.5 Å². The molecule has 8 heterocycles. The van der Waals surface area contributed by atoms with Crippen molar-refractivity contribution in [3.63, 3.8) is 0 Å². The van der Waals surface area contributed by atoms with Gasteiger partial charge in [0.05, 0.1) is 61.5 Å². The van der Waals surface area contributed by atoms with Crippen LogP contribution in [-0.2, 0) is 13.1 Å². The topological polar surface area (TPSA) is 178 Å². The van der Waals surface area contributed by atoms with E-state index in [1.165, 1.54) is 40.1 Å². The third-order valence-electron chi connectivity index (χ3n) is 8.55. The lowest BCUT2D eigenvalue weighted by atomic mass is 10.2. The van der Waals surface area contributed by atoms with Crippen molar-refractivity contribution in [2.24, 2.45) is 0 Å². The molecule has 0 saturated carbocycles. The summed E-state index contributed by atoms with van der Waals surface area (Å²) in [5.74, 6) is -2.15. The highest BCUT2D eigenvalue weighted by Crippen LogP contribution is 2.31. The number of hydrogen-bond donors (Lipinski definition) is 4. The summed E-state index contributed by atoms with van der Waals surface area (Å²) in [6, 6.07) is 12.3. The summed E-state index contributed by atoms with van der Waals surface area (Å²) < 4.78 is 60.5. The molecular formula is C40H36F4N12O2. The fourth-order valence-corrected chi connectivity index (χ4v) is 6.01. The third kappa shape index (κ3) is 8.72. The van der Waals surface area contributed by atoms with Crippen molar-refractivity contribution in [2.45, 2.75) is 53.0 Å². The number of hydrogen-bond acceptors (Lipinski definition) is 12. The van der Waals surface area contributed by atoms with Crippen molar-refractivity contribution < 1.29 is 27.8 Å². The van der Waals surface area contributed by atoms with E-state index in [-0.39, 0.29) is 35.9 Å². The molecule has 0 saturated heterocycles. The fraction of sp³-hybridized carbons (Fsp3) is 0.200. The highest BCUT2D eigenvalue weighted by atomic mass is 19.1. The maximum Gasteiger partial charge on any atom is 0.167 e. The van der Waals surface area contributed by atoms with E-state index in [0.29, 0.717) is 56.2 Å². The fourth-order valence-electron chi connectivity index (χ4n) is 6.01. The standard InChI is InChI=1S/2C20H18F2N6O/c1-11-3-4-14(21)18(26-11)16-7-13(5-6-23-16)27-19-15(22)8-24-17-9-25-28(20(17)19)10-12(2)29;1-11-3-4-14(21)18(25-11)16-7-13(5-6-23-16)26-19-15(22)8-24-17-10-28(9-12(2)29)27-20(17)19/h3-9,12,29H,10H2,1-2H3,(H,23,24,27);3-8,10,12,29H,9H2,1-2H3,(H,23,26)/t2*12-/m00/s1. The summed E-state index contributed by atoms with van der Waals surface area (Å²) >= 11 is 0. The van der Waals surface area contributed by atoms with Crippen LogP contribution in [0.5, 0.6) is 0 Å². The van der Waals surface area contributed by atoms with Crippen molar-refractivity contribution in [1.82, 2.24) is 49.5 Å². The van der Waals surface area contributed by atoms with Crippen LogP contribution in [0.3, 0.4) is 0 Å². The molecule has 8 rings (SSSR count). The number of aliphatic hydroxyl groups excluding tert-OH is 2. The lowest BCUT2D eigenvalue weighted by Crippen LogP contribution is -2.13. The third-order valence-corrected chi connectivity index (χ3v) is 8.55. The number of nitrogens with one attached hydrogen (secondary N) is 2. The average Bonchev–Trinajstić information content (AvgIpc) is 3.79. The highest BCUT2D eigenvalue weighted by molar-refractivity contribution is 5.91. The van der Waals surface area contributed by atoms with Crippen molar-refractivity contribution in [1.29, 1.82) is 0 Å². The zero-order chi connectivity index (χ0) is 41.1. The average molecular weight is 793 g/mol. The molecule has 2 atom stereocenters. The summed E-state index contributed by atoms with van der Waals surface area (Å²) in [7, 11) is 0. The lowest BCUT2D eigenvalue weighted by molar-refractivity contribution is 0.168. The molecule has 0 bridgehead atoms. The van der Waals surface area contributed by atoms with Gasteiger partial charge in [0.2, 0.25) is 0 Å². The summed E-state index contributed by atoms with van der Waals surface area (Å²) in [6.07, 6.45) is 7.05. The summed E-state index contributed by atoms with van der Waals surface area (Å²) in [5, 5.41) is 33.7. The van der Waals surface area contributed by atoms with Crippen LogP contribution in [-0.4, -0.2) is 71.9 Å². The van der Waals surface area contributed by atoms with Crippen molar-refractivity contribution in [3.8, 4) is 22.8 Å². The first-order valence-corrected chi connectivity index (χ1v) is 17.9. The van der Waals surface area contributed by atoms with E-state index >= 15 is 0 Å². The van der Waals surface area contributed by atoms with E-state index in [1.807, 2.05) is 0 Å². The number of fused-ring (bicyclic) bond motifs is 2.